The van der Waals surface area contributed by atoms with Crippen molar-refractivity contribution in [3.63, 3.8) is 0 Å². The van der Waals surface area contributed by atoms with Crippen LogP contribution in [0.15, 0.2) is 30.3 Å². The van der Waals surface area contributed by atoms with Gasteiger partial charge in [-0.15, -0.1) is 0 Å². The van der Waals surface area contributed by atoms with Crippen molar-refractivity contribution in [2.45, 2.75) is 32.4 Å². The highest BCUT2D eigenvalue weighted by Crippen LogP contribution is 2.24. The number of hydrogen-bond donors (Lipinski definition) is 1. The first kappa shape index (κ1) is 14.5. The van der Waals surface area contributed by atoms with Crippen LogP contribution in [0.25, 0.3) is 0 Å². The van der Waals surface area contributed by atoms with Crippen LogP contribution >= 0.6 is 0 Å². The lowest BCUT2D eigenvalue weighted by Gasteiger charge is -2.43. The standard InChI is InChI=1S/C16H25FN2/c1-3-13(2)16-11-18-15(12-19(16)10-9-17)14-7-5-4-6-8-14/h4-8,13,15-16,18H,3,9-12H2,1-2H3. The van der Waals surface area contributed by atoms with Crippen LogP contribution in [0.3, 0.4) is 0 Å². The van der Waals surface area contributed by atoms with E-state index in [1.54, 1.807) is 0 Å². The summed E-state index contributed by atoms with van der Waals surface area (Å²) in [4.78, 5) is 2.32. The molecule has 0 bridgehead atoms. The van der Waals surface area contributed by atoms with E-state index < -0.39 is 0 Å². The SMILES string of the molecule is CCC(C)C1CNC(c2ccccc2)CN1CCF. The molecule has 1 fully saturated rings. The van der Waals surface area contributed by atoms with Gasteiger partial charge in [0, 0.05) is 31.7 Å². The van der Waals surface area contributed by atoms with E-state index >= 15 is 0 Å². The first-order chi connectivity index (χ1) is 9.26. The van der Waals surface area contributed by atoms with Gasteiger partial charge in [-0.2, -0.15) is 0 Å². The highest BCUT2D eigenvalue weighted by Gasteiger charge is 2.30. The van der Waals surface area contributed by atoms with Crippen molar-refractivity contribution in [2.24, 2.45) is 5.92 Å². The summed E-state index contributed by atoms with van der Waals surface area (Å²) in [5.41, 5.74) is 1.30. The fourth-order valence-electron chi connectivity index (χ4n) is 2.93. The Morgan fingerprint density at radius 1 is 1.37 bits per heavy atom. The molecule has 0 amide bonds. The van der Waals surface area contributed by atoms with E-state index in [2.05, 4.69) is 48.3 Å². The molecule has 0 aliphatic carbocycles. The summed E-state index contributed by atoms with van der Waals surface area (Å²) in [6.07, 6.45) is 1.14. The molecule has 1 aliphatic rings. The van der Waals surface area contributed by atoms with Crippen molar-refractivity contribution in [1.29, 1.82) is 0 Å². The maximum absolute atomic E-state index is 12.8. The molecule has 0 spiro atoms. The molecule has 1 aromatic carbocycles. The number of nitrogens with zero attached hydrogens (tertiary/aromatic N) is 1. The Labute approximate surface area is 116 Å². The Morgan fingerprint density at radius 2 is 2.11 bits per heavy atom. The van der Waals surface area contributed by atoms with E-state index in [0.717, 1.165) is 19.5 Å². The van der Waals surface area contributed by atoms with Gasteiger partial charge in [0.05, 0.1) is 0 Å². The lowest BCUT2D eigenvalue weighted by atomic mass is 9.93. The number of nitrogens with one attached hydrogen (secondary N) is 1. The summed E-state index contributed by atoms with van der Waals surface area (Å²) >= 11 is 0. The van der Waals surface area contributed by atoms with Gasteiger partial charge in [0.2, 0.25) is 0 Å². The molecule has 1 heterocycles. The molecule has 19 heavy (non-hydrogen) atoms. The molecule has 3 heteroatoms. The zero-order valence-corrected chi connectivity index (χ0v) is 12.0. The fourth-order valence-corrected chi connectivity index (χ4v) is 2.93. The molecule has 3 unspecified atom stereocenters. The van der Waals surface area contributed by atoms with Crippen LogP contribution < -0.4 is 5.32 Å². The van der Waals surface area contributed by atoms with Gasteiger partial charge < -0.3 is 5.32 Å². The first-order valence-corrected chi connectivity index (χ1v) is 7.34. The highest BCUT2D eigenvalue weighted by molar-refractivity contribution is 5.20. The van der Waals surface area contributed by atoms with Crippen molar-refractivity contribution in [3.8, 4) is 0 Å². The quantitative estimate of drug-likeness (QED) is 0.879. The molecule has 1 N–H and O–H groups in total. The zero-order chi connectivity index (χ0) is 13.7. The summed E-state index contributed by atoms with van der Waals surface area (Å²) < 4.78 is 12.8. The number of rotatable bonds is 5. The van der Waals surface area contributed by atoms with E-state index in [-0.39, 0.29) is 6.67 Å². The Balaban J connectivity index is 2.06. The second-order valence-electron chi connectivity index (χ2n) is 5.51. The van der Waals surface area contributed by atoms with Crippen LogP contribution in [-0.2, 0) is 0 Å². The van der Waals surface area contributed by atoms with Crippen molar-refractivity contribution in [1.82, 2.24) is 10.2 Å². The molecule has 1 saturated heterocycles. The Morgan fingerprint density at radius 3 is 2.74 bits per heavy atom. The van der Waals surface area contributed by atoms with Crippen LogP contribution in [0.1, 0.15) is 31.9 Å². The van der Waals surface area contributed by atoms with Gasteiger partial charge in [0.1, 0.15) is 6.67 Å². The predicted molar refractivity (Wildman–Crippen MR) is 78.0 cm³/mol. The van der Waals surface area contributed by atoms with Gasteiger partial charge in [0.25, 0.3) is 0 Å². The third-order valence-corrected chi connectivity index (χ3v) is 4.33. The number of piperazine rings is 1. The third-order valence-electron chi connectivity index (χ3n) is 4.33. The predicted octanol–water partition coefficient (Wildman–Crippen LogP) is 3.02. The van der Waals surface area contributed by atoms with Crippen LogP contribution in [0.2, 0.25) is 0 Å². The van der Waals surface area contributed by atoms with Crippen LogP contribution in [0.5, 0.6) is 0 Å². The minimum Gasteiger partial charge on any atom is -0.307 e. The maximum atomic E-state index is 12.8. The van der Waals surface area contributed by atoms with Crippen molar-refractivity contribution in [3.05, 3.63) is 35.9 Å². The van der Waals surface area contributed by atoms with E-state index in [1.165, 1.54) is 5.56 Å². The molecule has 2 nitrogen and oxygen atoms in total. The number of hydrogen-bond acceptors (Lipinski definition) is 2. The van der Waals surface area contributed by atoms with Gasteiger partial charge in [-0.3, -0.25) is 4.90 Å². The molecule has 1 aliphatic heterocycles. The Hall–Kier alpha value is -0.930. The van der Waals surface area contributed by atoms with Gasteiger partial charge in [-0.25, -0.2) is 4.39 Å². The molecule has 0 aromatic heterocycles. The molecule has 106 valence electrons. The summed E-state index contributed by atoms with van der Waals surface area (Å²) in [6.45, 7) is 6.63. The van der Waals surface area contributed by atoms with E-state index in [1.807, 2.05) is 6.07 Å². The lowest BCUT2D eigenvalue weighted by molar-refractivity contribution is 0.0849. The monoisotopic (exact) mass is 264 g/mol. The molecule has 0 radical (unpaired) electrons. The maximum Gasteiger partial charge on any atom is 0.102 e. The largest absolute Gasteiger partial charge is 0.307 e. The van der Waals surface area contributed by atoms with Crippen molar-refractivity contribution in [2.75, 3.05) is 26.3 Å². The second-order valence-corrected chi connectivity index (χ2v) is 5.51. The van der Waals surface area contributed by atoms with E-state index in [9.17, 15) is 4.39 Å². The second kappa shape index (κ2) is 7.01. The normalized spacial score (nSPS) is 26.3. The summed E-state index contributed by atoms with van der Waals surface area (Å²) in [6, 6.07) is 11.3. The molecule has 0 saturated carbocycles. The third kappa shape index (κ3) is 3.54. The minimum absolute atomic E-state index is 0.256. The van der Waals surface area contributed by atoms with Crippen molar-refractivity contribution >= 4 is 0 Å². The van der Waals surface area contributed by atoms with E-state index in [4.69, 9.17) is 0 Å². The minimum atomic E-state index is -0.256. The van der Waals surface area contributed by atoms with Crippen LogP contribution in [0, 0.1) is 5.92 Å². The molecular formula is C16H25FN2. The van der Waals surface area contributed by atoms with Gasteiger partial charge in [0.15, 0.2) is 0 Å². The summed E-state index contributed by atoms with van der Waals surface area (Å²) in [5, 5.41) is 3.62. The first-order valence-electron chi connectivity index (χ1n) is 7.34. The Bertz CT molecular complexity index is 368. The van der Waals surface area contributed by atoms with Gasteiger partial charge in [-0.1, -0.05) is 50.6 Å². The molecule has 2 rings (SSSR count). The topological polar surface area (TPSA) is 15.3 Å². The fraction of sp³-hybridized carbons (Fsp3) is 0.625. The number of benzene rings is 1. The van der Waals surface area contributed by atoms with Crippen LogP contribution in [-0.4, -0.2) is 37.3 Å². The number of alkyl halides is 1. The summed E-state index contributed by atoms with van der Waals surface area (Å²) in [7, 11) is 0. The average Bonchev–Trinajstić information content (AvgIpc) is 2.47. The summed E-state index contributed by atoms with van der Waals surface area (Å²) in [5.74, 6) is 0.607. The molecular weight excluding hydrogens is 239 g/mol. The van der Waals surface area contributed by atoms with Crippen LogP contribution in [0.4, 0.5) is 4.39 Å². The van der Waals surface area contributed by atoms with E-state index in [0.29, 0.717) is 24.5 Å². The average molecular weight is 264 g/mol. The molecule has 1 aromatic rings. The van der Waals surface area contributed by atoms with Crippen molar-refractivity contribution < 1.29 is 4.39 Å². The zero-order valence-electron chi connectivity index (χ0n) is 12.0. The molecule has 3 atom stereocenters. The Kier molecular flexibility index (Phi) is 5.34. The van der Waals surface area contributed by atoms with Gasteiger partial charge in [-0.05, 0) is 11.5 Å². The lowest BCUT2D eigenvalue weighted by Crippen LogP contribution is -2.55. The van der Waals surface area contributed by atoms with Gasteiger partial charge >= 0.3 is 0 Å². The number of halogens is 1. The highest BCUT2D eigenvalue weighted by atomic mass is 19.1. The smallest absolute Gasteiger partial charge is 0.102 e.